The molecule has 0 saturated carbocycles. The largest absolute Gasteiger partial charge is 0.342 e. The molecule has 0 bridgehead atoms. The topological polar surface area (TPSA) is 33.2 Å². The summed E-state index contributed by atoms with van der Waals surface area (Å²) in [6, 6.07) is 3.86. The zero-order valence-corrected chi connectivity index (χ0v) is 11.3. The van der Waals surface area contributed by atoms with E-state index in [1.165, 1.54) is 11.8 Å². The summed E-state index contributed by atoms with van der Waals surface area (Å²) in [5, 5.41) is 0.899. The molecule has 1 aliphatic rings. The number of halogens is 1. The fraction of sp³-hybridized carbons (Fsp3) is 0.455. The number of likely N-dealkylation sites (tertiary alicyclic amines) is 1. The summed E-state index contributed by atoms with van der Waals surface area (Å²) in [4.78, 5) is 17.9. The van der Waals surface area contributed by atoms with Crippen LogP contribution in [0.4, 0.5) is 0 Å². The Labute approximate surface area is 108 Å². The van der Waals surface area contributed by atoms with E-state index in [1.807, 2.05) is 17.0 Å². The van der Waals surface area contributed by atoms with E-state index < -0.39 is 0 Å². The molecule has 1 aromatic rings. The van der Waals surface area contributed by atoms with Crippen molar-refractivity contribution in [2.24, 2.45) is 0 Å². The van der Waals surface area contributed by atoms with Crippen LogP contribution in [0.2, 0.25) is 0 Å². The number of aromatic nitrogens is 1. The molecule has 1 fully saturated rings. The average molecular weight is 301 g/mol. The molecule has 5 heteroatoms. The molecule has 0 spiro atoms. The summed E-state index contributed by atoms with van der Waals surface area (Å²) >= 11 is 4.83. The summed E-state index contributed by atoms with van der Waals surface area (Å²) in [6.07, 6.45) is 4.04. The molecular weight excluding hydrogens is 288 g/mol. The van der Waals surface area contributed by atoms with Gasteiger partial charge in [-0.05, 0) is 40.9 Å². The SMILES string of the molecule is O=C(CSc1ccc(Br)cn1)N1CCCC1. The lowest BCUT2D eigenvalue weighted by atomic mass is 10.4. The zero-order valence-electron chi connectivity index (χ0n) is 8.86. The first-order valence-corrected chi connectivity index (χ1v) is 7.06. The summed E-state index contributed by atoms with van der Waals surface area (Å²) in [7, 11) is 0. The molecule has 0 atom stereocenters. The van der Waals surface area contributed by atoms with Crippen LogP contribution in [0.1, 0.15) is 12.8 Å². The van der Waals surface area contributed by atoms with Crippen molar-refractivity contribution in [2.75, 3.05) is 18.8 Å². The minimum Gasteiger partial charge on any atom is -0.342 e. The van der Waals surface area contributed by atoms with Crippen LogP contribution in [0.3, 0.4) is 0 Å². The smallest absolute Gasteiger partial charge is 0.232 e. The minimum atomic E-state index is 0.229. The number of carbonyl (C=O) groups is 1. The van der Waals surface area contributed by atoms with E-state index in [0.717, 1.165) is 35.4 Å². The molecule has 0 aliphatic carbocycles. The number of hydrogen-bond acceptors (Lipinski definition) is 3. The number of rotatable bonds is 3. The van der Waals surface area contributed by atoms with Gasteiger partial charge in [0, 0.05) is 23.8 Å². The van der Waals surface area contributed by atoms with Gasteiger partial charge in [-0.25, -0.2) is 4.98 Å². The van der Waals surface area contributed by atoms with E-state index in [0.29, 0.717) is 5.75 Å². The maximum Gasteiger partial charge on any atom is 0.232 e. The van der Waals surface area contributed by atoms with Crippen LogP contribution < -0.4 is 0 Å². The van der Waals surface area contributed by atoms with Crippen LogP contribution >= 0.6 is 27.7 Å². The predicted octanol–water partition coefficient (Wildman–Crippen LogP) is 2.56. The highest BCUT2D eigenvalue weighted by molar-refractivity contribution is 9.10. The molecule has 1 amide bonds. The molecule has 1 aromatic heterocycles. The summed E-state index contributed by atoms with van der Waals surface area (Å²) < 4.78 is 0.961. The van der Waals surface area contributed by atoms with Crippen LogP contribution in [-0.2, 0) is 4.79 Å². The Morgan fingerprint density at radius 3 is 2.81 bits per heavy atom. The first-order valence-electron chi connectivity index (χ1n) is 5.28. The van der Waals surface area contributed by atoms with Crippen molar-refractivity contribution in [3.05, 3.63) is 22.8 Å². The molecule has 2 rings (SSSR count). The molecule has 0 unspecified atom stereocenters. The molecule has 86 valence electrons. The van der Waals surface area contributed by atoms with Gasteiger partial charge in [-0.2, -0.15) is 0 Å². The van der Waals surface area contributed by atoms with Crippen LogP contribution in [-0.4, -0.2) is 34.6 Å². The van der Waals surface area contributed by atoms with E-state index >= 15 is 0 Å². The standard InChI is InChI=1S/C11H13BrN2OS/c12-9-3-4-10(13-7-9)16-8-11(15)14-5-1-2-6-14/h3-4,7H,1-2,5-6,8H2. The van der Waals surface area contributed by atoms with Gasteiger partial charge in [0.1, 0.15) is 0 Å². The molecule has 0 N–H and O–H groups in total. The minimum absolute atomic E-state index is 0.229. The van der Waals surface area contributed by atoms with Crippen LogP contribution in [0.5, 0.6) is 0 Å². The monoisotopic (exact) mass is 300 g/mol. The second-order valence-corrected chi connectivity index (χ2v) is 5.60. The van der Waals surface area contributed by atoms with E-state index in [4.69, 9.17) is 0 Å². The predicted molar refractivity (Wildman–Crippen MR) is 68.5 cm³/mol. The van der Waals surface area contributed by atoms with Crippen molar-refractivity contribution >= 4 is 33.6 Å². The average Bonchev–Trinajstić information content (AvgIpc) is 2.81. The second-order valence-electron chi connectivity index (χ2n) is 3.69. The lowest BCUT2D eigenvalue weighted by molar-refractivity contribution is -0.127. The number of carbonyl (C=O) groups excluding carboxylic acids is 1. The van der Waals surface area contributed by atoms with E-state index in [-0.39, 0.29) is 5.91 Å². The molecule has 1 saturated heterocycles. The van der Waals surface area contributed by atoms with Gasteiger partial charge in [0.05, 0.1) is 10.8 Å². The van der Waals surface area contributed by atoms with Gasteiger partial charge in [0.25, 0.3) is 0 Å². The van der Waals surface area contributed by atoms with Crippen molar-refractivity contribution in [3.63, 3.8) is 0 Å². The fourth-order valence-corrected chi connectivity index (χ4v) is 2.62. The molecule has 2 heterocycles. The van der Waals surface area contributed by atoms with Gasteiger partial charge < -0.3 is 4.90 Å². The summed E-state index contributed by atoms with van der Waals surface area (Å²) in [5.74, 6) is 0.724. The zero-order chi connectivity index (χ0) is 11.4. The Morgan fingerprint density at radius 2 is 2.19 bits per heavy atom. The fourth-order valence-electron chi connectivity index (χ4n) is 1.64. The van der Waals surface area contributed by atoms with Gasteiger partial charge in [0.15, 0.2) is 0 Å². The van der Waals surface area contributed by atoms with Gasteiger partial charge in [-0.1, -0.05) is 11.8 Å². The quantitative estimate of drug-likeness (QED) is 0.805. The summed E-state index contributed by atoms with van der Waals surface area (Å²) in [5.41, 5.74) is 0. The van der Waals surface area contributed by atoms with Gasteiger partial charge in [-0.15, -0.1) is 0 Å². The van der Waals surface area contributed by atoms with Crippen molar-refractivity contribution in [1.29, 1.82) is 0 Å². The van der Waals surface area contributed by atoms with Gasteiger partial charge in [0.2, 0.25) is 5.91 Å². The number of pyridine rings is 1. The van der Waals surface area contributed by atoms with E-state index in [1.54, 1.807) is 6.20 Å². The Kier molecular flexibility index (Phi) is 4.23. The van der Waals surface area contributed by atoms with Gasteiger partial charge in [-0.3, -0.25) is 4.79 Å². The molecule has 0 aromatic carbocycles. The molecule has 1 aliphatic heterocycles. The van der Waals surface area contributed by atoms with E-state index in [2.05, 4.69) is 20.9 Å². The number of hydrogen-bond donors (Lipinski definition) is 0. The number of amides is 1. The highest BCUT2D eigenvalue weighted by atomic mass is 79.9. The first kappa shape index (κ1) is 11.9. The lowest BCUT2D eigenvalue weighted by Crippen LogP contribution is -2.29. The van der Waals surface area contributed by atoms with Crippen molar-refractivity contribution < 1.29 is 4.79 Å². The Hall–Kier alpha value is -0.550. The maximum atomic E-state index is 11.8. The third kappa shape index (κ3) is 3.22. The third-order valence-corrected chi connectivity index (χ3v) is 3.90. The maximum absolute atomic E-state index is 11.8. The molecule has 3 nitrogen and oxygen atoms in total. The lowest BCUT2D eigenvalue weighted by Gasteiger charge is -2.14. The van der Waals surface area contributed by atoms with Crippen LogP contribution in [0, 0.1) is 0 Å². The van der Waals surface area contributed by atoms with Crippen molar-refractivity contribution in [3.8, 4) is 0 Å². The highest BCUT2D eigenvalue weighted by Gasteiger charge is 2.17. The van der Waals surface area contributed by atoms with E-state index in [9.17, 15) is 4.79 Å². The number of thioether (sulfide) groups is 1. The number of nitrogens with zero attached hydrogens (tertiary/aromatic N) is 2. The van der Waals surface area contributed by atoms with Crippen molar-refractivity contribution in [1.82, 2.24) is 9.88 Å². The molecule has 0 radical (unpaired) electrons. The molecular formula is C11H13BrN2OS. The van der Waals surface area contributed by atoms with Crippen LogP contribution in [0.25, 0.3) is 0 Å². The Bertz CT molecular complexity index is 363. The third-order valence-electron chi connectivity index (χ3n) is 2.50. The van der Waals surface area contributed by atoms with Crippen molar-refractivity contribution in [2.45, 2.75) is 17.9 Å². The Balaban J connectivity index is 1.82. The highest BCUT2D eigenvalue weighted by Crippen LogP contribution is 2.19. The molecule has 16 heavy (non-hydrogen) atoms. The van der Waals surface area contributed by atoms with Crippen LogP contribution in [0.15, 0.2) is 27.8 Å². The van der Waals surface area contributed by atoms with Gasteiger partial charge >= 0.3 is 0 Å². The first-order chi connectivity index (χ1) is 7.75. The second kappa shape index (κ2) is 5.68. The normalized spacial score (nSPS) is 15.4. The summed E-state index contributed by atoms with van der Waals surface area (Å²) in [6.45, 7) is 1.85. The Morgan fingerprint density at radius 1 is 1.44 bits per heavy atom.